The fourth-order valence-corrected chi connectivity index (χ4v) is 6.41. The summed E-state index contributed by atoms with van der Waals surface area (Å²) in [5.41, 5.74) is 0.986. The molecular weight excluding hydrogens is 470 g/mol. The van der Waals surface area contributed by atoms with Gasteiger partial charge in [0.25, 0.3) is 5.56 Å². The topological polar surface area (TPSA) is 73.7 Å². The van der Waals surface area contributed by atoms with E-state index in [-0.39, 0.29) is 23.3 Å². The van der Waals surface area contributed by atoms with Crippen LogP contribution >= 0.6 is 23.1 Å². The first-order chi connectivity index (χ1) is 16.6. The largest absolute Gasteiger partial charge is 0.486 e. The number of carbonyl (C=O) groups is 1. The fourth-order valence-electron chi connectivity index (χ4n) is 4.51. The smallest absolute Gasteiger partial charge is 0.263 e. The number of ether oxygens (including phenoxy) is 2. The molecule has 0 spiro atoms. The van der Waals surface area contributed by atoms with Crippen molar-refractivity contribution in [2.75, 3.05) is 25.5 Å². The number of aromatic nitrogens is 2. The van der Waals surface area contributed by atoms with Crippen molar-refractivity contribution >= 4 is 39.2 Å². The molecule has 1 amide bonds. The van der Waals surface area contributed by atoms with Crippen molar-refractivity contribution in [3.63, 3.8) is 0 Å². The van der Waals surface area contributed by atoms with E-state index in [0.29, 0.717) is 30.3 Å². The molecule has 7 nitrogen and oxygen atoms in total. The highest BCUT2D eigenvalue weighted by molar-refractivity contribution is 7.99. The van der Waals surface area contributed by atoms with Crippen LogP contribution < -0.4 is 15.0 Å². The molecule has 3 aromatic rings. The van der Waals surface area contributed by atoms with Gasteiger partial charge in [-0.05, 0) is 43.0 Å². The van der Waals surface area contributed by atoms with E-state index >= 15 is 0 Å². The van der Waals surface area contributed by atoms with E-state index < -0.39 is 0 Å². The van der Waals surface area contributed by atoms with E-state index in [9.17, 15) is 9.59 Å². The predicted octanol–water partition coefficient (Wildman–Crippen LogP) is 4.43. The fraction of sp³-hybridized carbons (Fsp3) is 0.400. The molecule has 4 heterocycles. The van der Waals surface area contributed by atoms with Gasteiger partial charge in [0.1, 0.15) is 18.0 Å². The zero-order valence-corrected chi connectivity index (χ0v) is 20.8. The van der Waals surface area contributed by atoms with Crippen molar-refractivity contribution in [3.05, 3.63) is 57.7 Å². The number of allylic oxidation sites excluding steroid dienone is 1. The second-order valence-corrected chi connectivity index (χ2v) is 10.4. The maximum absolute atomic E-state index is 13.3. The van der Waals surface area contributed by atoms with Crippen molar-refractivity contribution in [2.24, 2.45) is 0 Å². The molecule has 0 aliphatic carbocycles. The number of benzene rings is 1. The Morgan fingerprint density at radius 1 is 1.29 bits per heavy atom. The molecule has 0 N–H and O–H groups in total. The molecule has 0 saturated carbocycles. The molecule has 0 radical (unpaired) electrons. The number of nitrogens with zero attached hydrogens (tertiary/aromatic N) is 3. The Hall–Kier alpha value is -2.78. The monoisotopic (exact) mass is 497 g/mol. The maximum Gasteiger partial charge on any atom is 0.263 e. The molecule has 5 rings (SSSR count). The SMILES string of the molecule is C=CCn1c(SCC(=O)N2CCCC2c2ccc3c(c2)OCCO3)nc2sc(CC)cc2c1=O. The summed E-state index contributed by atoms with van der Waals surface area (Å²) >= 11 is 2.86. The van der Waals surface area contributed by atoms with Gasteiger partial charge in [-0.1, -0.05) is 30.8 Å². The van der Waals surface area contributed by atoms with Gasteiger partial charge in [-0.2, -0.15) is 0 Å². The summed E-state index contributed by atoms with van der Waals surface area (Å²) in [6.07, 6.45) is 4.41. The summed E-state index contributed by atoms with van der Waals surface area (Å²) in [5.74, 6) is 1.76. The minimum absolute atomic E-state index is 0.0131. The van der Waals surface area contributed by atoms with Crippen molar-refractivity contribution in [2.45, 2.75) is 43.9 Å². The minimum atomic E-state index is -0.0777. The lowest BCUT2D eigenvalue weighted by atomic mass is 10.0. The molecule has 2 aromatic heterocycles. The van der Waals surface area contributed by atoms with Crippen LogP contribution in [0.25, 0.3) is 10.2 Å². The average Bonchev–Trinajstić information content (AvgIpc) is 3.52. The molecule has 34 heavy (non-hydrogen) atoms. The van der Waals surface area contributed by atoms with Gasteiger partial charge in [0, 0.05) is 18.0 Å². The lowest BCUT2D eigenvalue weighted by Crippen LogP contribution is -2.32. The van der Waals surface area contributed by atoms with E-state index in [0.717, 1.165) is 52.6 Å². The zero-order valence-electron chi connectivity index (χ0n) is 19.1. The Morgan fingerprint density at radius 3 is 2.91 bits per heavy atom. The molecule has 2 aliphatic rings. The summed E-state index contributed by atoms with van der Waals surface area (Å²) in [6.45, 7) is 8.02. The van der Waals surface area contributed by atoms with E-state index in [1.54, 1.807) is 10.6 Å². The Balaban J connectivity index is 1.36. The lowest BCUT2D eigenvalue weighted by Gasteiger charge is -2.26. The van der Waals surface area contributed by atoms with Crippen LogP contribution in [-0.2, 0) is 17.8 Å². The summed E-state index contributed by atoms with van der Waals surface area (Å²) < 4.78 is 13.0. The van der Waals surface area contributed by atoms with Crippen LogP contribution in [0.15, 0.2) is 46.9 Å². The molecule has 1 aromatic carbocycles. The highest BCUT2D eigenvalue weighted by atomic mass is 32.2. The second kappa shape index (κ2) is 9.84. The molecule has 2 aliphatic heterocycles. The van der Waals surface area contributed by atoms with Crippen LogP contribution in [0.5, 0.6) is 11.5 Å². The van der Waals surface area contributed by atoms with Crippen molar-refractivity contribution in [3.8, 4) is 11.5 Å². The molecule has 1 saturated heterocycles. The lowest BCUT2D eigenvalue weighted by molar-refractivity contribution is -0.129. The third-order valence-electron chi connectivity index (χ3n) is 6.18. The summed E-state index contributed by atoms with van der Waals surface area (Å²) in [5, 5.41) is 1.20. The third kappa shape index (κ3) is 4.34. The van der Waals surface area contributed by atoms with E-state index in [1.165, 1.54) is 23.1 Å². The highest BCUT2D eigenvalue weighted by Crippen LogP contribution is 2.38. The first-order valence-corrected chi connectivity index (χ1v) is 13.3. The number of hydrogen-bond acceptors (Lipinski definition) is 7. The standard InChI is InChI=1S/C25H27N3O4S2/c1-3-9-28-24(30)18-14-17(4-2)34-23(18)26-25(28)33-15-22(29)27-10-5-6-19(27)16-7-8-20-21(13-16)32-12-11-31-20/h3,7-8,13-14,19H,1,4-6,9-12,15H2,2H3. The van der Waals surface area contributed by atoms with Crippen LogP contribution in [0.1, 0.15) is 36.2 Å². The maximum atomic E-state index is 13.3. The Morgan fingerprint density at radius 2 is 2.12 bits per heavy atom. The number of fused-ring (bicyclic) bond motifs is 2. The van der Waals surface area contributed by atoms with Crippen LogP contribution in [0.4, 0.5) is 0 Å². The number of carbonyl (C=O) groups excluding carboxylic acids is 1. The summed E-state index contributed by atoms with van der Waals surface area (Å²) in [7, 11) is 0. The molecule has 1 unspecified atom stereocenters. The quantitative estimate of drug-likeness (QED) is 0.273. The number of hydrogen-bond donors (Lipinski definition) is 0. The van der Waals surface area contributed by atoms with Crippen LogP contribution in [-0.4, -0.2) is 45.9 Å². The van der Waals surface area contributed by atoms with Gasteiger partial charge in [0.2, 0.25) is 5.91 Å². The summed E-state index contributed by atoms with van der Waals surface area (Å²) in [4.78, 5) is 34.9. The number of rotatable bonds is 7. The Kier molecular flexibility index (Phi) is 6.65. The minimum Gasteiger partial charge on any atom is -0.486 e. The molecular formula is C25H27N3O4S2. The van der Waals surface area contributed by atoms with Crippen molar-refractivity contribution in [1.82, 2.24) is 14.5 Å². The molecule has 1 fully saturated rings. The van der Waals surface area contributed by atoms with Crippen LogP contribution in [0, 0.1) is 0 Å². The first-order valence-electron chi connectivity index (χ1n) is 11.5. The van der Waals surface area contributed by atoms with Crippen LogP contribution in [0.2, 0.25) is 0 Å². The second-order valence-electron chi connectivity index (χ2n) is 8.32. The number of thiophene rings is 1. The normalized spacial score (nSPS) is 17.3. The van der Waals surface area contributed by atoms with Gasteiger partial charge in [-0.15, -0.1) is 17.9 Å². The molecule has 178 valence electrons. The number of amides is 1. The van der Waals surface area contributed by atoms with Gasteiger partial charge in [0.15, 0.2) is 16.7 Å². The Bertz CT molecular complexity index is 1300. The highest BCUT2D eigenvalue weighted by Gasteiger charge is 2.31. The Labute approximate surface area is 206 Å². The zero-order chi connectivity index (χ0) is 23.7. The number of likely N-dealkylation sites (tertiary alicyclic amines) is 1. The van der Waals surface area contributed by atoms with Crippen molar-refractivity contribution in [1.29, 1.82) is 0 Å². The third-order valence-corrected chi connectivity index (χ3v) is 8.31. The van der Waals surface area contributed by atoms with Crippen LogP contribution in [0.3, 0.4) is 0 Å². The van der Waals surface area contributed by atoms with Gasteiger partial charge < -0.3 is 14.4 Å². The average molecular weight is 498 g/mol. The van der Waals surface area contributed by atoms with E-state index in [1.807, 2.05) is 29.2 Å². The van der Waals surface area contributed by atoms with Gasteiger partial charge in [0.05, 0.1) is 17.2 Å². The van der Waals surface area contributed by atoms with Gasteiger partial charge >= 0.3 is 0 Å². The predicted molar refractivity (Wildman–Crippen MR) is 135 cm³/mol. The number of aryl methyl sites for hydroxylation is 1. The molecule has 9 heteroatoms. The summed E-state index contributed by atoms with van der Waals surface area (Å²) in [6, 6.07) is 7.89. The first kappa shape index (κ1) is 23.0. The molecule has 0 bridgehead atoms. The molecule has 1 atom stereocenters. The van der Waals surface area contributed by atoms with Crippen molar-refractivity contribution < 1.29 is 14.3 Å². The van der Waals surface area contributed by atoms with E-state index in [4.69, 9.17) is 14.5 Å². The van der Waals surface area contributed by atoms with Gasteiger partial charge in [-0.25, -0.2) is 4.98 Å². The van der Waals surface area contributed by atoms with E-state index in [2.05, 4.69) is 13.5 Å². The van der Waals surface area contributed by atoms with Gasteiger partial charge in [-0.3, -0.25) is 14.2 Å². The number of thioether (sulfide) groups is 1.